The second-order valence-corrected chi connectivity index (χ2v) is 8.92. The van der Waals surface area contributed by atoms with Crippen LogP contribution in [0.2, 0.25) is 5.02 Å². The van der Waals surface area contributed by atoms with Gasteiger partial charge in [0.15, 0.2) is 11.5 Å². The third kappa shape index (κ3) is 6.55. The zero-order chi connectivity index (χ0) is 23.0. The quantitative estimate of drug-likeness (QED) is 0.207. The number of anilines is 1. The summed E-state index contributed by atoms with van der Waals surface area (Å²) in [7, 11) is 1.66. The maximum atomic E-state index is 6.05. The highest BCUT2D eigenvalue weighted by Crippen LogP contribution is 2.35. The van der Waals surface area contributed by atoms with Gasteiger partial charge in [-0.25, -0.2) is 0 Å². The zero-order valence-corrected chi connectivity index (χ0v) is 21.0. The van der Waals surface area contributed by atoms with Gasteiger partial charge in [-0.1, -0.05) is 41.9 Å². The molecule has 168 valence electrons. The van der Waals surface area contributed by atoms with Gasteiger partial charge >= 0.3 is 0 Å². The third-order valence-electron chi connectivity index (χ3n) is 4.92. The maximum Gasteiger partial charge on any atom is 0.174 e. The van der Waals surface area contributed by atoms with Gasteiger partial charge in [-0.3, -0.25) is 0 Å². The van der Waals surface area contributed by atoms with Gasteiger partial charge in [0, 0.05) is 17.3 Å². The number of methoxy groups -OCH3 is 1. The highest BCUT2D eigenvalue weighted by atomic mass is 127. The smallest absolute Gasteiger partial charge is 0.174 e. The molecule has 0 atom stereocenters. The highest BCUT2D eigenvalue weighted by molar-refractivity contribution is 14.1. The fourth-order valence-corrected chi connectivity index (χ4v) is 4.17. The van der Waals surface area contributed by atoms with Crippen molar-refractivity contribution in [2.45, 2.75) is 13.2 Å². The fourth-order valence-electron chi connectivity index (χ4n) is 3.22. The summed E-state index contributed by atoms with van der Waals surface area (Å²) >= 11 is 8.24. The van der Waals surface area contributed by atoms with E-state index >= 15 is 0 Å². The van der Waals surface area contributed by atoms with E-state index in [1.807, 2.05) is 84.9 Å². The largest absolute Gasteiger partial charge is 0.493 e. The first kappa shape index (κ1) is 23.3. The number of benzene rings is 4. The third-order valence-corrected chi connectivity index (χ3v) is 5.97. The van der Waals surface area contributed by atoms with Crippen LogP contribution < -0.4 is 19.5 Å². The Morgan fingerprint density at radius 3 is 2.21 bits per heavy atom. The molecule has 4 aromatic rings. The summed E-state index contributed by atoms with van der Waals surface area (Å²) in [6, 6.07) is 29.4. The first-order chi connectivity index (χ1) is 16.1. The minimum atomic E-state index is 0.443. The van der Waals surface area contributed by atoms with E-state index in [1.54, 1.807) is 7.11 Å². The summed E-state index contributed by atoms with van der Waals surface area (Å²) in [4.78, 5) is 0. The Labute approximate surface area is 212 Å². The molecule has 0 saturated heterocycles. The lowest BCUT2D eigenvalue weighted by atomic mass is 10.2. The molecule has 0 heterocycles. The van der Waals surface area contributed by atoms with E-state index in [9.17, 15) is 0 Å². The zero-order valence-electron chi connectivity index (χ0n) is 18.1. The second kappa shape index (κ2) is 11.3. The molecule has 0 aliphatic rings. The Balaban J connectivity index is 1.38. The van der Waals surface area contributed by atoms with E-state index in [-0.39, 0.29) is 0 Å². The molecule has 6 heteroatoms. The van der Waals surface area contributed by atoms with Crippen LogP contribution in [0.1, 0.15) is 11.1 Å². The maximum absolute atomic E-state index is 6.05. The highest BCUT2D eigenvalue weighted by Gasteiger charge is 2.12. The molecular weight excluding hydrogens is 549 g/mol. The van der Waals surface area contributed by atoms with Crippen molar-refractivity contribution in [3.63, 3.8) is 0 Å². The molecule has 0 aliphatic heterocycles. The predicted molar refractivity (Wildman–Crippen MR) is 142 cm³/mol. The molecule has 33 heavy (non-hydrogen) atoms. The summed E-state index contributed by atoms with van der Waals surface area (Å²) in [5.74, 6) is 3.06. The van der Waals surface area contributed by atoms with Crippen LogP contribution in [0.15, 0.2) is 91.0 Å². The molecule has 0 bridgehead atoms. The standard InChI is InChI=1S/C27H23ClINO3/c1-31-26-16-20(15-25(29)27(26)32-18-19-7-9-21(28)10-8-19)17-30-22-11-13-24(14-12-22)33-23-5-3-2-4-6-23/h2-16,30H,17-18H2,1H3. The van der Waals surface area contributed by atoms with Crippen molar-refractivity contribution in [1.82, 2.24) is 0 Å². The predicted octanol–water partition coefficient (Wildman–Crippen LogP) is 7.94. The molecule has 0 aromatic heterocycles. The number of hydrogen-bond donors (Lipinski definition) is 1. The Morgan fingerprint density at radius 2 is 1.52 bits per heavy atom. The lowest BCUT2D eigenvalue weighted by Crippen LogP contribution is -2.03. The van der Waals surface area contributed by atoms with Gasteiger partial charge in [0.05, 0.1) is 10.7 Å². The molecule has 4 nitrogen and oxygen atoms in total. The Hall–Kier alpha value is -2.90. The van der Waals surface area contributed by atoms with E-state index in [4.69, 9.17) is 25.8 Å². The Kier molecular flexibility index (Phi) is 7.96. The number of halogens is 2. The van der Waals surface area contributed by atoms with Gasteiger partial charge in [0.1, 0.15) is 18.1 Å². The average Bonchev–Trinajstić information content (AvgIpc) is 2.84. The lowest BCUT2D eigenvalue weighted by Gasteiger charge is -2.15. The van der Waals surface area contributed by atoms with E-state index < -0.39 is 0 Å². The van der Waals surface area contributed by atoms with Crippen molar-refractivity contribution < 1.29 is 14.2 Å². The van der Waals surface area contributed by atoms with E-state index in [2.05, 4.69) is 34.0 Å². The van der Waals surface area contributed by atoms with Crippen LogP contribution in [0, 0.1) is 3.57 Å². The van der Waals surface area contributed by atoms with Crippen molar-refractivity contribution in [3.05, 3.63) is 111 Å². The number of ether oxygens (including phenoxy) is 3. The Bertz CT molecular complexity index is 1180. The first-order valence-electron chi connectivity index (χ1n) is 10.4. The van der Waals surface area contributed by atoms with Crippen LogP contribution in [0.4, 0.5) is 5.69 Å². The van der Waals surface area contributed by atoms with E-state index in [0.717, 1.165) is 37.6 Å². The van der Waals surface area contributed by atoms with Crippen LogP contribution in [0.5, 0.6) is 23.0 Å². The normalized spacial score (nSPS) is 10.5. The second-order valence-electron chi connectivity index (χ2n) is 7.32. The van der Waals surface area contributed by atoms with Crippen molar-refractivity contribution >= 4 is 39.9 Å². The molecule has 0 fully saturated rings. The molecule has 0 unspecified atom stereocenters. The lowest BCUT2D eigenvalue weighted by molar-refractivity contribution is 0.282. The Morgan fingerprint density at radius 1 is 0.818 bits per heavy atom. The van der Waals surface area contributed by atoms with Crippen LogP contribution in [-0.4, -0.2) is 7.11 Å². The molecule has 0 saturated carbocycles. The molecular formula is C27H23ClINO3. The van der Waals surface area contributed by atoms with Gasteiger partial charge in [0.25, 0.3) is 0 Å². The molecule has 0 spiro atoms. The van der Waals surface area contributed by atoms with Gasteiger partial charge in [-0.15, -0.1) is 0 Å². The molecule has 0 radical (unpaired) electrons. The van der Waals surface area contributed by atoms with Crippen molar-refractivity contribution in [1.29, 1.82) is 0 Å². The summed E-state index contributed by atoms with van der Waals surface area (Å²) in [5, 5.41) is 4.15. The minimum Gasteiger partial charge on any atom is -0.493 e. The monoisotopic (exact) mass is 571 g/mol. The van der Waals surface area contributed by atoms with Crippen LogP contribution in [0.3, 0.4) is 0 Å². The molecule has 0 amide bonds. The average molecular weight is 572 g/mol. The molecule has 1 N–H and O–H groups in total. The van der Waals surface area contributed by atoms with Gasteiger partial charge in [-0.2, -0.15) is 0 Å². The number of rotatable bonds is 9. The van der Waals surface area contributed by atoms with Crippen LogP contribution in [-0.2, 0) is 13.2 Å². The van der Waals surface area contributed by atoms with Crippen LogP contribution in [0.25, 0.3) is 0 Å². The summed E-state index contributed by atoms with van der Waals surface area (Å²) in [5.41, 5.74) is 3.15. The van der Waals surface area contributed by atoms with Crippen molar-refractivity contribution in [2.75, 3.05) is 12.4 Å². The summed E-state index contributed by atoms with van der Waals surface area (Å²) in [6.45, 7) is 1.10. The SMILES string of the molecule is COc1cc(CNc2ccc(Oc3ccccc3)cc2)cc(I)c1OCc1ccc(Cl)cc1. The van der Waals surface area contributed by atoms with E-state index in [1.165, 1.54) is 0 Å². The number of nitrogens with one attached hydrogen (secondary N) is 1. The van der Waals surface area contributed by atoms with E-state index in [0.29, 0.717) is 23.9 Å². The van der Waals surface area contributed by atoms with Crippen LogP contribution >= 0.6 is 34.2 Å². The molecule has 4 aromatic carbocycles. The molecule has 0 aliphatic carbocycles. The van der Waals surface area contributed by atoms with Crippen molar-refractivity contribution in [3.8, 4) is 23.0 Å². The fraction of sp³-hybridized carbons (Fsp3) is 0.111. The number of para-hydroxylation sites is 1. The van der Waals surface area contributed by atoms with Gasteiger partial charge < -0.3 is 19.5 Å². The minimum absolute atomic E-state index is 0.443. The van der Waals surface area contributed by atoms with Gasteiger partial charge in [-0.05, 0) is 94.4 Å². The topological polar surface area (TPSA) is 39.7 Å². The summed E-state index contributed by atoms with van der Waals surface area (Å²) in [6.07, 6.45) is 0. The van der Waals surface area contributed by atoms with Gasteiger partial charge in [0.2, 0.25) is 0 Å². The number of hydrogen-bond acceptors (Lipinski definition) is 4. The molecule has 4 rings (SSSR count). The first-order valence-corrected chi connectivity index (χ1v) is 11.9. The summed E-state index contributed by atoms with van der Waals surface area (Å²) < 4.78 is 18.5. The van der Waals surface area contributed by atoms with Crippen molar-refractivity contribution in [2.24, 2.45) is 0 Å².